The number of aliphatic carboxylic acids is 1. The molecule has 1 aromatic rings. The van der Waals surface area contributed by atoms with Crippen LogP contribution >= 0.6 is 0 Å². The van der Waals surface area contributed by atoms with Gasteiger partial charge in [-0.05, 0) is 42.5 Å². The molecule has 1 aliphatic carbocycles. The number of hydrogen-bond donors (Lipinski definition) is 1. The molecule has 3 nitrogen and oxygen atoms in total. The predicted octanol–water partition coefficient (Wildman–Crippen LogP) is 3.10. The van der Waals surface area contributed by atoms with Gasteiger partial charge in [0, 0.05) is 12.1 Å². The van der Waals surface area contributed by atoms with Gasteiger partial charge in [-0.25, -0.2) is 9.18 Å². The van der Waals surface area contributed by atoms with E-state index in [9.17, 15) is 9.18 Å². The summed E-state index contributed by atoms with van der Waals surface area (Å²) in [5, 5.41) is 8.52. The molecule has 0 bridgehead atoms. The van der Waals surface area contributed by atoms with Crippen molar-refractivity contribution in [2.24, 2.45) is 5.92 Å². The summed E-state index contributed by atoms with van der Waals surface area (Å²) in [4.78, 5) is 10.4. The van der Waals surface area contributed by atoms with Crippen LogP contribution in [-0.4, -0.2) is 17.7 Å². The van der Waals surface area contributed by atoms with Gasteiger partial charge in [-0.15, -0.1) is 0 Å². The van der Waals surface area contributed by atoms with E-state index >= 15 is 0 Å². The molecular weight excluding hydrogens is 235 g/mol. The molecule has 1 N–H and O–H groups in total. The van der Waals surface area contributed by atoms with Gasteiger partial charge in [0.1, 0.15) is 11.6 Å². The Morgan fingerprint density at radius 3 is 2.83 bits per heavy atom. The first-order valence-corrected chi connectivity index (χ1v) is 5.98. The smallest absolute Gasteiger partial charge is 0.328 e. The van der Waals surface area contributed by atoms with Crippen LogP contribution in [-0.2, 0) is 4.79 Å². The van der Waals surface area contributed by atoms with E-state index in [1.165, 1.54) is 37.5 Å². The Hall–Kier alpha value is -1.84. The van der Waals surface area contributed by atoms with Gasteiger partial charge in [-0.1, -0.05) is 6.42 Å². The first-order chi connectivity index (χ1) is 8.63. The van der Waals surface area contributed by atoms with Crippen LogP contribution in [0.3, 0.4) is 0 Å². The van der Waals surface area contributed by atoms with E-state index < -0.39 is 11.8 Å². The van der Waals surface area contributed by atoms with Crippen molar-refractivity contribution in [1.82, 2.24) is 0 Å². The lowest BCUT2D eigenvalue weighted by molar-refractivity contribution is -0.131. The first kappa shape index (κ1) is 12.6. The highest BCUT2D eigenvalue weighted by molar-refractivity contribution is 5.85. The highest BCUT2D eigenvalue weighted by Crippen LogP contribution is 2.27. The zero-order valence-electron chi connectivity index (χ0n) is 9.93. The lowest BCUT2D eigenvalue weighted by Crippen LogP contribution is -2.19. The van der Waals surface area contributed by atoms with E-state index in [4.69, 9.17) is 9.84 Å². The van der Waals surface area contributed by atoms with Crippen molar-refractivity contribution in [3.05, 3.63) is 35.7 Å². The average molecular weight is 250 g/mol. The van der Waals surface area contributed by atoms with Gasteiger partial charge in [-0.3, -0.25) is 0 Å². The minimum absolute atomic E-state index is 0.425. The maximum Gasteiger partial charge on any atom is 0.328 e. The quantitative estimate of drug-likeness (QED) is 0.817. The third-order valence-corrected chi connectivity index (χ3v) is 3.02. The van der Waals surface area contributed by atoms with Crippen molar-refractivity contribution >= 4 is 12.0 Å². The molecule has 0 amide bonds. The minimum atomic E-state index is -1.06. The monoisotopic (exact) mass is 250 g/mol. The fourth-order valence-electron chi connectivity index (χ4n) is 1.81. The topological polar surface area (TPSA) is 46.5 Å². The summed E-state index contributed by atoms with van der Waals surface area (Å²) < 4.78 is 18.8. The standard InChI is InChI=1S/C14H15FO3/c15-12-6-11(4-5-14(16)17)7-13(8-12)18-9-10-2-1-3-10/h4-8,10H,1-3,9H2,(H,16,17)/b5-4+. The molecule has 1 aromatic carbocycles. The summed E-state index contributed by atoms with van der Waals surface area (Å²) in [5.74, 6) is -0.458. The molecule has 0 aliphatic heterocycles. The zero-order chi connectivity index (χ0) is 13.0. The second-order valence-electron chi connectivity index (χ2n) is 4.50. The maximum atomic E-state index is 13.3. The number of carboxylic acids is 1. The van der Waals surface area contributed by atoms with E-state index in [2.05, 4.69) is 0 Å². The van der Waals surface area contributed by atoms with Gasteiger partial charge in [0.15, 0.2) is 0 Å². The first-order valence-electron chi connectivity index (χ1n) is 5.98. The molecule has 1 fully saturated rings. The normalized spacial score (nSPS) is 15.6. The molecule has 96 valence electrons. The van der Waals surface area contributed by atoms with Gasteiger partial charge < -0.3 is 9.84 Å². The van der Waals surface area contributed by atoms with Gasteiger partial charge >= 0.3 is 5.97 Å². The number of hydrogen-bond acceptors (Lipinski definition) is 2. The second-order valence-corrected chi connectivity index (χ2v) is 4.50. The molecule has 0 spiro atoms. The van der Waals surface area contributed by atoms with Gasteiger partial charge in [0.05, 0.1) is 6.61 Å². The number of halogens is 1. The summed E-state index contributed by atoms with van der Waals surface area (Å²) in [6.07, 6.45) is 5.90. The van der Waals surface area contributed by atoms with Crippen LogP contribution in [0.2, 0.25) is 0 Å². The van der Waals surface area contributed by atoms with Crippen LogP contribution in [0.5, 0.6) is 5.75 Å². The van der Waals surface area contributed by atoms with Crippen LogP contribution in [0.4, 0.5) is 4.39 Å². The number of rotatable bonds is 5. The Labute approximate surface area is 105 Å². The van der Waals surface area contributed by atoms with Gasteiger partial charge in [0.2, 0.25) is 0 Å². The molecule has 18 heavy (non-hydrogen) atoms. The van der Waals surface area contributed by atoms with Crippen molar-refractivity contribution in [2.45, 2.75) is 19.3 Å². The third-order valence-electron chi connectivity index (χ3n) is 3.02. The van der Waals surface area contributed by atoms with Crippen LogP contribution in [0.15, 0.2) is 24.3 Å². The molecule has 1 saturated carbocycles. The van der Waals surface area contributed by atoms with Crippen molar-refractivity contribution in [2.75, 3.05) is 6.61 Å². The lowest BCUT2D eigenvalue weighted by atomic mass is 9.86. The molecule has 0 radical (unpaired) electrons. The largest absolute Gasteiger partial charge is 0.493 e. The van der Waals surface area contributed by atoms with Crippen molar-refractivity contribution < 1.29 is 19.0 Å². The summed E-state index contributed by atoms with van der Waals surface area (Å²) in [5.41, 5.74) is 0.487. The van der Waals surface area contributed by atoms with Gasteiger partial charge in [-0.2, -0.15) is 0 Å². The van der Waals surface area contributed by atoms with Crippen molar-refractivity contribution in [1.29, 1.82) is 0 Å². The fourth-order valence-corrected chi connectivity index (χ4v) is 1.81. The Bertz CT molecular complexity index is 464. The summed E-state index contributed by atoms with van der Waals surface area (Å²) in [7, 11) is 0. The maximum absolute atomic E-state index is 13.3. The molecule has 4 heteroatoms. The number of carbonyl (C=O) groups is 1. The third kappa shape index (κ3) is 3.58. The van der Waals surface area contributed by atoms with E-state index in [-0.39, 0.29) is 0 Å². The lowest BCUT2D eigenvalue weighted by Gasteiger charge is -2.25. The summed E-state index contributed by atoms with van der Waals surface area (Å²) >= 11 is 0. The fraction of sp³-hybridized carbons (Fsp3) is 0.357. The number of benzene rings is 1. The van der Waals surface area contributed by atoms with E-state index in [1.54, 1.807) is 6.07 Å². The van der Waals surface area contributed by atoms with Crippen LogP contribution in [0.25, 0.3) is 6.08 Å². The van der Waals surface area contributed by atoms with Crippen LogP contribution in [0.1, 0.15) is 24.8 Å². The highest BCUT2D eigenvalue weighted by atomic mass is 19.1. The molecule has 0 heterocycles. The SMILES string of the molecule is O=C(O)/C=C/c1cc(F)cc(OCC2CCC2)c1. The average Bonchev–Trinajstić information content (AvgIpc) is 2.23. The van der Waals surface area contributed by atoms with Crippen molar-refractivity contribution in [3.63, 3.8) is 0 Å². The Kier molecular flexibility index (Phi) is 3.97. The van der Waals surface area contributed by atoms with Crippen molar-refractivity contribution in [3.8, 4) is 5.75 Å². The minimum Gasteiger partial charge on any atom is -0.493 e. The summed E-state index contributed by atoms with van der Waals surface area (Å²) in [6, 6.07) is 4.23. The van der Waals surface area contributed by atoms with Crippen LogP contribution < -0.4 is 4.74 Å². The van der Waals surface area contributed by atoms with Gasteiger partial charge in [0.25, 0.3) is 0 Å². The molecule has 0 unspecified atom stereocenters. The van der Waals surface area contributed by atoms with E-state index in [0.717, 1.165) is 6.08 Å². The molecule has 0 atom stereocenters. The zero-order valence-corrected chi connectivity index (χ0v) is 9.93. The summed E-state index contributed by atoms with van der Waals surface area (Å²) in [6.45, 7) is 0.603. The molecule has 0 saturated heterocycles. The highest BCUT2D eigenvalue weighted by Gasteiger charge is 2.17. The number of carboxylic acid groups (broad SMARTS) is 1. The predicted molar refractivity (Wildman–Crippen MR) is 65.9 cm³/mol. The molecule has 0 aromatic heterocycles. The molecule has 1 aliphatic rings. The Morgan fingerprint density at radius 2 is 2.22 bits per heavy atom. The Morgan fingerprint density at radius 1 is 1.44 bits per heavy atom. The Balaban J connectivity index is 2.02. The molecular formula is C14H15FO3. The second kappa shape index (κ2) is 5.67. The molecule has 2 rings (SSSR count). The van der Waals surface area contributed by atoms with Crippen LogP contribution in [0, 0.1) is 11.7 Å². The number of ether oxygens (including phenoxy) is 1. The van der Waals surface area contributed by atoms with E-state index in [1.807, 2.05) is 0 Å². The van der Waals surface area contributed by atoms with E-state index in [0.29, 0.717) is 23.8 Å².